The van der Waals surface area contributed by atoms with Gasteiger partial charge in [0.1, 0.15) is 10.8 Å². The smallest absolute Gasteiger partial charge is 0.353 e. The first-order valence-electron chi connectivity index (χ1n) is 9.72. The Morgan fingerprint density at radius 1 is 1.14 bits per heavy atom. The Morgan fingerprint density at radius 2 is 1.96 bits per heavy atom. The largest absolute Gasteiger partial charge is 0.494 e. The lowest BCUT2D eigenvalue weighted by molar-refractivity contribution is 0.340. The highest BCUT2D eigenvalue weighted by Gasteiger charge is 2.22. The van der Waals surface area contributed by atoms with E-state index >= 15 is 0 Å². The van der Waals surface area contributed by atoms with Crippen LogP contribution in [0.4, 0.5) is 0 Å². The highest BCUT2D eigenvalue weighted by molar-refractivity contribution is 7.98. The van der Waals surface area contributed by atoms with E-state index in [9.17, 15) is 4.79 Å². The molecule has 0 radical (unpaired) electrons. The van der Waals surface area contributed by atoms with Gasteiger partial charge >= 0.3 is 5.69 Å². The summed E-state index contributed by atoms with van der Waals surface area (Å²) in [6.07, 6.45) is 2.96. The molecule has 0 saturated heterocycles. The first-order valence-corrected chi connectivity index (χ1v) is 10.7. The van der Waals surface area contributed by atoms with E-state index in [0.717, 1.165) is 47.2 Å². The van der Waals surface area contributed by atoms with Crippen LogP contribution in [-0.4, -0.2) is 16.2 Å². The zero-order chi connectivity index (χ0) is 19.5. The van der Waals surface area contributed by atoms with E-state index in [0.29, 0.717) is 6.61 Å². The van der Waals surface area contributed by atoms with Crippen LogP contribution in [0.2, 0.25) is 0 Å². The van der Waals surface area contributed by atoms with Gasteiger partial charge in [0.05, 0.1) is 12.3 Å². The van der Waals surface area contributed by atoms with Crippen molar-refractivity contribution >= 4 is 11.8 Å². The fourth-order valence-electron chi connectivity index (χ4n) is 3.72. The summed E-state index contributed by atoms with van der Waals surface area (Å²) in [5, 5.41) is 0.890. The van der Waals surface area contributed by atoms with Gasteiger partial charge in [0.15, 0.2) is 0 Å². The molecule has 0 bridgehead atoms. The number of rotatable bonds is 6. The molecule has 1 heterocycles. The van der Waals surface area contributed by atoms with Gasteiger partial charge in [-0.1, -0.05) is 29.8 Å². The molecule has 0 spiro atoms. The summed E-state index contributed by atoms with van der Waals surface area (Å²) in [5.41, 5.74) is 5.50. The zero-order valence-corrected chi connectivity index (χ0v) is 17.1. The van der Waals surface area contributed by atoms with E-state index < -0.39 is 0 Å². The average Bonchev–Trinajstić information content (AvgIpc) is 3.17. The van der Waals surface area contributed by atoms with Gasteiger partial charge in [-0.3, -0.25) is 4.57 Å². The molecule has 0 atom stereocenters. The molecule has 0 amide bonds. The van der Waals surface area contributed by atoms with Gasteiger partial charge in [-0.25, -0.2) is 4.79 Å². The van der Waals surface area contributed by atoms with Crippen LogP contribution in [0.5, 0.6) is 5.75 Å². The molecule has 28 heavy (non-hydrogen) atoms. The Labute approximate surface area is 169 Å². The highest BCUT2D eigenvalue weighted by Crippen LogP contribution is 2.32. The van der Waals surface area contributed by atoms with Gasteiger partial charge in [-0.2, -0.15) is 4.98 Å². The summed E-state index contributed by atoms with van der Waals surface area (Å²) >= 11 is 1.67. The van der Waals surface area contributed by atoms with Crippen molar-refractivity contribution in [3.8, 4) is 11.4 Å². The second-order valence-corrected chi connectivity index (χ2v) is 7.98. The lowest BCUT2D eigenvalue weighted by atomic mass is 10.2. The molecule has 0 aliphatic heterocycles. The molecule has 2 aromatic carbocycles. The third-order valence-electron chi connectivity index (χ3n) is 4.97. The molecule has 1 aliphatic rings. The molecule has 1 aromatic heterocycles. The van der Waals surface area contributed by atoms with Crippen LogP contribution >= 0.6 is 11.8 Å². The van der Waals surface area contributed by atoms with Crippen molar-refractivity contribution < 1.29 is 4.74 Å². The van der Waals surface area contributed by atoms with Crippen LogP contribution in [0.15, 0.2) is 58.4 Å². The van der Waals surface area contributed by atoms with Gasteiger partial charge in [-0.05, 0) is 62.9 Å². The summed E-state index contributed by atoms with van der Waals surface area (Å²) < 4.78 is 7.29. The molecule has 3 aromatic rings. The van der Waals surface area contributed by atoms with Crippen LogP contribution < -0.4 is 10.4 Å². The van der Waals surface area contributed by atoms with Crippen molar-refractivity contribution in [2.24, 2.45) is 0 Å². The third kappa shape index (κ3) is 3.85. The summed E-state index contributed by atoms with van der Waals surface area (Å²) in [7, 11) is 0. The second kappa shape index (κ2) is 8.23. The van der Waals surface area contributed by atoms with Crippen LogP contribution in [0.1, 0.15) is 35.7 Å². The number of aromatic nitrogens is 2. The minimum Gasteiger partial charge on any atom is -0.494 e. The van der Waals surface area contributed by atoms with Gasteiger partial charge in [0.25, 0.3) is 0 Å². The van der Waals surface area contributed by atoms with Crippen molar-refractivity contribution in [1.82, 2.24) is 9.55 Å². The lowest BCUT2D eigenvalue weighted by Gasteiger charge is -2.15. The van der Waals surface area contributed by atoms with E-state index in [1.54, 1.807) is 16.3 Å². The summed E-state index contributed by atoms with van der Waals surface area (Å²) in [6.45, 7) is 4.69. The number of fused-ring (bicyclic) bond motifs is 1. The van der Waals surface area contributed by atoms with Crippen molar-refractivity contribution in [2.75, 3.05) is 6.61 Å². The van der Waals surface area contributed by atoms with E-state index in [1.807, 2.05) is 31.2 Å². The molecule has 0 N–H and O–H groups in total. The fourth-order valence-corrected chi connectivity index (χ4v) is 4.74. The average molecular weight is 393 g/mol. The molecule has 0 fully saturated rings. The van der Waals surface area contributed by atoms with Crippen molar-refractivity contribution in [1.29, 1.82) is 0 Å². The summed E-state index contributed by atoms with van der Waals surface area (Å²) in [6, 6.07) is 16.2. The molecule has 144 valence electrons. The van der Waals surface area contributed by atoms with E-state index in [2.05, 4.69) is 36.2 Å². The minimum absolute atomic E-state index is 0.198. The molecule has 0 unspecified atom stereocenters. The normalized spacial score (nSPS) is 12.8. The first kappa shape index (κ1) is 18.8. The van der Waals surface area contributed by atoms with Crippen molar-refractivity contribution in [3.63, 3.8) is 0 Å². The summed E-state index contributed by atoms with van der Waals surface area (Å²) in [5.74, 6) is 1.64. The zero-order valence-electron chi connectivity index (χ0n) is 16.3. The van der Waals surface area contributed by atoms with Crippen LogP contribution in [0.3, 0.4) is 0 Å². The van der Waals surface area contributed by atoms with Crippen LogP contribution in [-0.2, 0) is 18.6 Å². The Balaban J connectivity index is 1.65. The van der Waals surface area contributed by atoms with E-state index in [4.69, 9.17) is 4.74 Å². The molecular weight excluding hydrogens is 368 g/mol. The van der Waals surface area contributed by atoms with Crippen molar-refractivity contribution in [3.05, 3.63) is 81.4 Å². The summed E-state index contributed by atoms with van der Waals surface area (Å²) in [4.78, 5) is 17.3. The Hall–Kier alpha value is -2.53. The van der Waals surface area contributed by atoms with Crippen LogP contribution in [0, 0.1) is 6.92 Å². The van der Waals surface area contributed by atoms with Gasteiger partial charge in [0, 0.05) is 17.0 Å². The number of aryl methyl sites for hydroxylation is 1. The predicted octanol–water partition coefficient (Wildman–Crippen LogP) is 4.72. The van der Waals surface area contributed by atoms with E-state index in [-0.39, 0.29) is 5.69 Å². The minimum atomic E-state index is -0.198. The first-order chi connectivity index (χ1) is 13.7. The molecular formula is C23H24N2O2S. The predicted molar refractivity (Wildman–Crippen MR) is 114 cm³/mol. The monoisotopic (exact) mass is 392 g/mol. The SMILES string of the molecule is CCOc1ccc(-n2c3c(c(SCc4cccc(C)c4)nc2=O)CCC3)cc1. The molecule has 4 rings (SSSR count). The van der Waals surface area contributed by atoms with Crippen LogP contribution in [0.25, 0.3) is 5.69 Å². The van der Waals surface area contributed by atoms with Gasteiger partial charge in [-0.15, -0.1) is 11.8 Å². The Kier molecular flexibility index (Phi) is 5.53. The number of hydrogen-bond acceptors (Lipinski definition) is 4. The van der Waals surface area contributed by atoms with E-state index in [1.165, 1.54) is 16.7 Å². The molecule has 0 saturated carbocycles. The standard InChI is InChI=1S/C23H24N2O2S/c1-3-27-19-12-10-18(11-13-19)25-21-9-5-8-20(21)22(24-23(25)26)28-15-17-7-4-6-16(2)14-17/h4,6-7,10-14H,3,5,8-9,15H2,1-2H3. The second-order valence-electron chi connectivity index (χ2n) is 7.02. The Bertz CT molecular complexity index is 1040. The third-order valence-corrected chi connectivity index (χ3v) is 6.06. The Morgan fingerprint density at radius 3 is 2.71 bits per heavy atom. The molecule has 5 heteroatoms. The number of benzene rings is 2. The topological polar surface area (TPSA) is 44.1 Å². The molecule has 4 nitrogen and oxygen atoms in total. The highest BCUT2D eigenvalue weighted by atomic mass is 32.2. The fraction of sp³-hybridized carbons (Fsp3) is 0.304. The number of thioether (sulfide) groups is 1. The number of hydrogen-bond donors (Lipinski definition) is 0. The number of nitrogens with zero attached hydrogens (tertiary/aromatic N) is 2. The maximum atomic E-state index is 12.9. The maximum absolute atomic E-state index is 12.9. The van der Waals surface area contributed by atoms with Gasteiger partial charge in [0.2, 0.25) is 0 Å². The maximum Gasteiger partial charge on any atom is 0.353 e. The quantitative estimate of drug-likeness (QED) is 0.450. The lowest BCUT2D eigenvalue weighted by Crippen LogP contribution is -2.25. The van der Waals surface area contributed by atoms with Crippen molar-refractivity contribution in [2.45, 2.75) is 43.9 Å². The number of ether oxygens (including phenoxy) is 1. The van der Waals surface area contributed by atoms with Gasteiger partial charge < -0.3 is 4.74 Å². The molecule has 1 aliphatic carbocycles.